The Kier molecular flexibility index (Phi) is 3.80. The predicted octanol–water partition coefficient (Wildman–Crippen LogP) is 4.50. The number of aryl methyl sites for hydroxylation is 1. The smallest absolute Gasteiger partial charge is 0.293 e. The molecular formula is C15H19N3O2S. The zero-order valence-electron chi connectivity index (χ0n) is 12.3. The summed E-state index contributed by atoms with van der Waals surface area (Å²) in [6, 6.07) is 3.79. The van der Waals surface area contributed by atoms with Crippen molar-refractivity contribution in [2.45, 2.75) is 45.6 Å². The molecule has 0 bridgehead atoms. The van der Waals surface area contributed by atoms with Gasteiger partial charge in [0.2, 0.25) is 0 Å². The minimum absolute atomic E-state index is 0.156. The number of nitro benzene ring substituents is 1. The van der Waals surface area contributed by atoms with Crippen LogP contribution in [0.1, 0.15) is 37.6 Å². The number of nitro groups is 1. The van der Waals surface area contributed by atoms with Gasteiger partial charge in [-0.25, -0.2) is 4.98 Å². The molecule has 0 spiro atoms. The van der Waals surface area contributed by atoms with E-state index in [1.54, 1.807) is 6.07 Å². The Morgan fingerprint density at radius 2 is 2.14 bits per heavy atom. The largest absolute Gasteiger partial charge is 0.376 e. The van der Waals surface area contributed by atoms with Gasteiger partial charge in [0.25, 0.3) is 5.69 Å². The van der Waals surface area contributed by atoms with Gasteiger partial charge in [0.1, 0.15) is 5.69 Å². The van der Waals surface area contributed by atoms with Crippen molar-refractivity contribution < 1.29 is 4.92 Å². The Morgan fingerprint density at radius 1 is 1.38 bits per heavy atom. The lowest BCUT2D eigenvalue weighted by Crippen LogP contribution is -2.30. The minimum atomic E-state index is -0.301. The Balaban J connectivity index is 1.98. The standard InChI is InChI=1S/C15H19N3O2S/c1-9-5-3-4-6-11(9)17-12-7-13-15(21-10(2)16-13)8-14(12)18(19)20/h7-9,11,17H,3-6H2,1-2H3. The maximum Gasteiger partial charge on any atom is 0.293 e. The maximum absolute atomic E-state index is 11.3. The fourth-order valence-corrected chi connectivity index (χ4v) is 3.92. The van der Waals surface area contributed by atoms with Crippen molar-refractivity contribution in [1.29, 1.82) is 0 Å². The first-order valence-electron chi connectivity index (χ1n) is 7.36. The Bertz CT molecular complexity index is 683. The number of benzene rings is 1. The van der Waals surface area contributed by atoms with E-state index in [4.69, 9.17) is 0 Å². The van der Waals surface area contributed by atoms with Gasteiger partial charge in [-0.15, -0.1) is 11.3 Å². The number of anilines is 1. The summed E-state index contributed by atoms with van der Waals surface area (Å²) in [7, 11) is 0. The Labute approximate surface area is 127 Å². The van der Waals surface area contributed by atoms with Gasteiger partial charge in [0, 0.05) is 12.1 Å². The molecule has 3 rings (SSSR count). The summed E-state index contributed by atoms with van der Waals surface area (Å²) < 4.78 is 0.876. The monoisotopic (exact) mass is 305 g/mol. The Hall–Kier alpha value is -1.69. The van der Waals surface area contributed by atoms with Gasteiger partial charge < -0.3 is 5.32 Å². The zero-order chi connectivity index (χ0) is 15.0. The molecule has 1 aromatic carbocycles. The van der Waals surface area contributed by atoms with E-state index in [1.807, 2.05) is 13.0 Å². The van der Waals surface area contributed by atoms with Gasteiger partial charge in [-0.1, -0.05) is 19.8 Å². The SMILES string of the molecule is Cc1nc2cc(NC3CCCCC3C)c([N+](=O)[O-])cc2s1. The first-order chi connectivity index (χ1) is 10.0. The van der Waals surface area contributed by atoms with Crippen molar-refractivity contribution in [2.75, 3.05) is 5.32 Å². The summed E-state index contributed by atoms with van der Waals surface area (Å²) in [6.07, 6.45) is 4.70. The van der Waals surface area contributed by atoms with E-state index in [-0.39, 0.29) is 10.6 Å². The third-order valence-corrected chi connectivity index (χ3v) is 5.20. The van der Waals surface area contributed by atoms with E-state index >= 15 is 0 Å². The highest BCUT2D eigenvalue weighted by molar-refractivity contribution is 7.18. The van der Waals surface area contributed by atoms with Crippen LogP contribution in [0.2, 0.25) is 0 Å². The summed E-state index contributed by atoms with van der Waals surface area (Å²) in [4.78, 5) is 15.5. The van der Waals surface area contributed by atoms with Crippen LogP contribution in [0.3, 0.4) is 0 Å². The van der Waals surface area contributed by atoms with Gasteiger partial charge in [-0.05, 0) is 31.7 Å². The summed E-state index contributed by atoms with van der Waals surface area (Å²) in [5.41, 5.74) is 1.61. The lowest BCUT2D eigenvalue weighted by Gasteiger charge is -2.30. The summed E-state index contributed by atoms with van der Waals surface area (Å²) in [5, 5.41) is 15.7. The molecular weight excluding hydrogens is 286 g/mol. The van der Waals surface area contributed by atoms with Gasteiger partial charge in [0.05, 0.1) is 20.1 Å². The van der Waals surface area contributed by atoms with E-state index in [2.05, 4.69) is 17.2 Å². The summed E-state index contributed by atoms with van der Waals surface area (Å²) in [6.45, 7) is 4.14. The van der Waals surface area contributed by atoms with Crippen LogP contribution in [0, 0.1) is 23.0 Å². The molecule has 1 saturated carbocycles. The first-order valence-corrected chi connectivity index (χ1v) is 8.18. The highest BCUT2D eigenvalue weighted by Gasteiger charge is 2.25. The van der Waals surface area contributed by atoms with Crippen LogP contribution in [0.15, 0.2) is 12.1 Å². The van der Waals surface area contributed by atoms with Crippen LogP contribution in [-0.2, 0) is 0 Å². The molecule has 1 heterocycles. The molecule has 0 aliphatic heterocycles. The van der Waals surface area contributed by atoms with E-state index in [0.29, 0.717) is 17.6 Å². The quantitative estimate of drug-likeness (QED) is 0.669. The maximum atomic E-state index is 11.3. The number of rotatable bonds is 3. The van der Waals surface area contributed by atoms with Crippen molar-refractivity contribution in [3.63, 3.8) is 0 Å². The highest BCUT2D eigenvalue weighted by Crippen LogP contribution is 2.35. The molecule has 0 saturated heterocycles. The summed E-state index contributed by atoms with van der Waals surface area (Å²) >= 11 is 1.50. The molecule has 6 heteroatoms. The molecule has 0 radical (unpaired) electrons. The molecule has 21 heavy (non-hydrogen) atoms. The molecule has 2 atom stereocenters. The van der Waals surface area contributed by atoms with Crippen LogP contribution in [0.5, 0.6) is 0 Å². The minimum Gasteiger partial charge on any atom is -0.376 e. The number of nitrogens with one attached hydrogen (secondary N) is 1. The van der Waals surface area contributed by atoms with Crippen LogP contribution < -0.4 is 5.32 Å². The van der Waals surface area contributed by atoms with E-state index < -0.39 is 0 Å². The molecule has 1 aromatic heterocycles. The molecule has 1 fully saturated rings. The topological polar surface area (TPSA) is 68.1 Å². The van der Waals surface area contributed by atoms with Crippen molar-refractivity contribution in [2.24, 2.45) is 5.92 Å². The highest BCUT2D eigenvalue weighted by atomic mass is 32.1. The number of fused-ring (bicyclic) bond motifs is 1. The van der Waals surface area contributed by atoms with Crippen molar-refractivity contribution in [3.05, 3.63) is 27.3 Å². The van der Waals surface area contributed by atoms with Crippen molar-refractivity contribution in [3.8, 4) is 0 Å². The average molecular weight is 305 g/mol. The fraction of sp³-hybridized carbons (Fsp3) is 0.533. The second-order valence-electron chi connectivity index (χ2n) is 5.84. The average Bonchev–Trinajstić information content (AvgIpc) is 2.79. The molecule has 1 N–H and O–H groups in total. The van der Waals surface area contributed by atoms with Crippen LogP contribution >= 0.6 is 11.3 Å². The third-order valence-electron chi connectivity index (χ3n) is 4.26. The van der Waals surface area contributed by atoms with Crippen LogP contribution in [-0.4, -0.2) is 15.9 Å². The normalized spacial score (nSPS) is 22.4. The molecule has 2 unspecified atom stereocenters. The third kappa shape index (κ3) is 2.85. The van der Waals surface area contributed by atoms with Gasteiger partial charge in [-0.3, -0.25) is 10.1 Å². The molecule has 112 valence electrons. The van der Waals surface area contributed by atoms with E-state index in [9.17, 15) is 10.1 Å². The first kappa shape index (κ1) is 14.3. The van der Waals surface area contributed by atoms with Gasteiger partial charge in [-0.2, -0.15) is 0 Å². The molecule has 1 aliphatic carbocycles. The molecule has 0 amide bonds. The fourth-order valence-electron chi connectivity index (χ4n) is 3.08. The molecule has 1 aliphatic rings. The lowest BCUT2D eigenvalue weighted by molar-refractivity contribution is -0.383. The zero-order valence-corrected chi connectivity index (χ0v) is 13.1. The van der Waals surface area contributed by atoms with Crippen molar-refractivity contribution >= 4 is 32.9 Å². The Morgan fingerprint density at radius 3 is 2.86 bits per heavy atom. The number of thiazole rings is 1. The number of hydrogen-bond donors (Lipinski definition) is 1. The van der Waals surface area contributed by atoms with Gasteiger partial charge in [0.15, 0.2) is 0 Å². The number of hydrogen-bond acceptors (Lipinski definition) is 5. The van der Waals surface area contributed by atoms with Crippen LogP contribution in [0.4, 0.5) is 11.4 Å². The number of aromatic nitrogens is 1. The van der Waals surface area contributed by atoms with Crippen molar-refractivity contribution in [1.82, 2.24) is 4.98 Å². The molecule has 5 nitrogen and oxygen atoms in total. The van der Waals surface area contributed by atoms with Crippen LogP contribution in [0.25, 0.3) is 10.2 Å². The second-order valence-corrected chi connectivity index (χ2v) is 7.07. The van der Waals surface area contributed by atoms with Gasteiger partial charge >= 0.3 is 0 Å². The van der Waals surface area contributed by atoms with E-state index in [0.717, 1.165) is 21.6 Å². The van der Waals surface area contributed by atoms with E-state index in [1.165, 1.54) is 30.6 Å². The predicted molar refractivity (Wildman–Crippen MR) is 86.1 cm³/mol. The molecule has 2 aromatic rings. The number of nitrogens with zero attached hydrogens (tertiary/aromatic N) is 2. The second kappa shape index (κ2) is 5.60. The lowest BCUT2D eigenvalue weighted by atomic mass is 9.86. The summed E-state index contributed by atoms with van der Waals surface area (Å²) in [5.74, 6) is 0.547.